The molecule has 110 valence electrons. The predicted molar refractivity (Wildman–Crippen MR) is 70.5 cm³/mol. The first-order valence-electron chi connectivity index (χ1n) is 6.31. The highest BCUT2D eigenvalue weighted by molar-refractivity contribution is 5.96. The monoisotopic (exact) mass is 296 g/mol. The second-order valence-electron chi connectivity index (χ2n) is 4.63. The minimum Gasteiger partial charge on any atom is -0.294 e. The highest BCUT2D eigenvalue weighted by atomic mass is 19.4. The molecular weight excluding hydrogens is 284 g/mol. The van der Waals surface area contributed by atoms with Crippen molar-refractivity contribution in [1.29, 1.82) is 0 Å². The van der Waals surface area contributed by atoms with Crippen LogP contribution < -0.4 is 0 Å². The summed E-state index contributed by atoms with van der Waals surface area (Å²) < 4.78 is 50.7. The van der Waals surface area contributed by atoms with E-state index in [0.29, 0.717) is 5.56 Å². The van der Waals surface area contributed by atoms with Crippen LogP contribution in [0, 0.1) is 5.82 Å². The van der Waals surface area contributed by atoms with E-state index >= 15 is 0 Å². The zero-order valence-corrected chi connectivity index (χ0v) is 11.0. The van der Waals surface area contributed by atoms with Crippen LogP contribution >= 0.6 is 0 Å². The van der Waals surface area contributed by atoms with Crippen LogP contribution in [0.5, 0.6) is 0 Å². The lowest BCUT2D eigenvalue weighted by Gasteiger charge is -2.08. The number of rotatable bonds is 4. The number of hydrogen-bond acceptors (Lipinski definition) is 1. The Balaban J connectivity index is 2.07. The smallest absolute Gasteiger partial charge is 0.294 e. The van der Waals surface area contributed by atoms with E-state index in [4.69, 9.17) is 0 Å². The van der Waals surface area contributed by atoms with E-state index in [1.165, 1.54) is 30.3 Å². The Hall–Kier alpha value is -2.17. The summed E-state index contributed by atoms with van der Waals surface area (Å²) in [6, 6.07) is 10.1. The summed E-state index contributed by atoms with van der Waals surface area (Å²) >= 11 is 0. The molecule has 2 aromatic carbocycles. The van der Waals surface area contributed by atoms with Crippen LogP contribution in [0.3, 0.4) is 0 Å². The average molecular weight is 296 g/mol. The van der Waals surface area contributed by atoms with Gasteiger partial charge >= 0.3 is 6.18 Å². The van der Waals surface area contributed by atoms with Crippen molar-refractivity contribution < 1.29 is 22.4 Å². The number of carbonyl (C=O) groups excluding carboxylic acids is 1. The zero-order chi connectivity index (χ0) is 15.5. The second kappa shape index (κ2) is 6.08. The third-order valence-corrected chi connectivity index (χ3v) is 3.04. The molecule has 0 N–H and O–H groups in total. The van der Waals surface area contributed by atoms with E-state index in [0.717, 1.165) is 12.1 Å². The highest BCUT2D eigenvalue weighted by Crippen LogP contribution is 2.29. The summed E-state index contributed by atoms with van der Waals surface area (Å²) in [5, 5.41) is 0. The molecule has 0 unspecified atom stereocenters. The van der Waals surface area contributed by atoms with Gasteiger partial charge in [0.25, 0.3) is 0 Å². The first kappa shape index (κ1) is 15.2. The Kier molecular flexibility index (Phi) is 4.40. The van der Waals surface area contributed by atoms with Gasteiger partial charge in [0.1, 0.15) is 5.82 Å². The first-order chi connectivity index (χ1) is 9.86. The van der Waals surface area contributed by atoms with E-state index in [9.17, 15) is 22.4 Å². The SMILES string of the molecule is O=C(CCc1cccc(F)c1)c1cccc(C(F)(F)F)c1. The summed E-state index contributed by atoms with van der Waals surface area (Å²) in [4.78, 5) is 11.9. The van der Waals surface area contributed by atoms with E-state index in [-0.39, 0.29) is 18.4 Å². The molecule has 0 amide bonds. The lowest BCUT2D eigenvalue weighted by molar-refractivity contribution is -0.137. The number of Topliss-reactive ketones (excluding diaryl/α,β-unsaturated/α-hetero) is 1. The molecule has 0 aliphatic heterocycles. The Morgan fingerprint density at radius 1 is 1.00 bits per heavy atom. The van der Waals surface area contributed by atoms with E-state index in [1.54, 1.807) is 6.07 Å². The van der Waals surface area contributed by atoms with Gasteiger partial charge in [0.05, 0.1) is 5.56 Å². The molecule has 0 aliphatic carbocycles. The second-order valence-corrected chi connectivity index (χ2v) is 4.63. The third-order valence-electron chi connectivity index (χ3n) is 3.04. The fraction of sp³-hybridized carbons (Fsp3) is 0.188. The number of halogens is 4. The predicted octanol–water partition coefficient (Wildman–Crippen LogP) is 4.66. The molecule has 0 fully saturated rings. The maximum absolute atomic E-state index is 13.0. The molecule has 21 heavy (non-hydrogen) atoms. The molecule has 1 nitrogen and oxygen atoms in total. The quantitative estimate of drug-likeness (QED) is 0.592. The largest absolute Gasteiger partial charge is 0.416 e. The van der Waals surface area contributed by atoms with Crippen molar-refractivity contribution in [3.8, 4) is 0 Å². The molecule has 0 bridgehead atoms. The van der Waals surface area contributed by atoms with Crippen molar-refractivity contribution in [3.63, 3.8) is 0 Å². The number of alkyl halides is 3. The van der Waals surface area contributed by atoms with Gasteiger partial charge in [-0.05, 0) is 36.2 Å². The number of carbonyl (C=O) groups is 1. The molecule has 0 spiro atoms. The van der Waals surface area contributed by atoms with Crippen molar-refractivity contribution in [3.05, 3.63) is 71.0 Å². The average Bonchev–Trinajstić information content (AvgIpc) is 2.44. The van der Waals surface area contributed by atoms with Gasteiger partial charge in [0, 0.05) is 12.0 Å². The normalized spacial score (nSPS) is 11.4. The molecule has 0 heterocycles. The summed E-state index contributed by atoms with van der Waals surface area (Å²) in [6.07, 6.45) is -4.16. The van der Waals surface area contributed by atoms with Crippen molar-refractivity contribution in [1.82, 2.24) is 0 Å². The van der Waals surface area contributed by atoms with Crippen LogP contribution in [-0.4, -0.2) is 5.78 Å². The van der Waals surface area contributed by atoms with Crippen molar-refractivity contribution in [2.75, 3.05) is 0 Å². The minimum absolute atomic E-state index is 0.0150. The van der Waals surface area contributed by atoms with Crippen molar-refractivity contribution in [2.24, 2.45) is 0 Å². The molecule has 0 atom stereocenters. The third kappa shape index (κ3) is 4.15. The fourth-order valence-electron chi connectivity index (χ4n) is 1.96. The van der Waals surface area contributed by atoms with Gasteiger partial charge in [-0.1, -0.05) is 24.3 Å². The molecule has 0 aromatic heterocycles. The lowest BCUT2D eigenvalue weighted by Crippen LogP contribution is -2.08. The van der Waals surface area contributed by atoms with E-state index < -0.39 is 23.3 Å². The molecule has 0 aliphatic rings. The standard InChI is InChI=1S/C16H12F4O/c17-14-6-1-3-11(9-14)7-8-15(21)12-4-2-5-13(10-12)16(18,19)20/h1-6,9-10H,7-8H2. The van der Waals surface area contributed by atoms with Gasteiger partial charge < -0.3 is 0 Å². The van der Waals surface area contributed by atoms with Gasteiger partial charge in [0.2, 0.25) is 0 Å². The summed E-state index contributed by atoms with van der Waals surface area (Å²) in [5.74, 6) is -0.802. The van der Waals surface area contributed by atoms with E-state index in [2.05, 4.69) is 0 Å². The molecule has 2 aromatic rings. The number of benzene rings is 2. The summed E-state index contributed by atoms with van der Waals surface area (Å²) in [5.41, 5.74) is -0.198. The number of ketones is 1. The molecule has 5 heteroatoms. The molecule has 2 rings (SSSR count). The Morgan fingerprint density at radius 2 is 1.71 bits per heavy atom. The first-order valence-corrected chi connectivity index (χ1v) is 6.31. The number of aryl methyl sites for hydroxylation is 1. The van der Waals surface area contributed by atoms with Gasteiger partial charge in [-0.25, -0.2) is 4.39 Å². The van der Waals surface area contributed by atoms with Gasteiger partial charge in [-0.3, -0.25) is 4.79 Å². The fourth-order valence-corrected chi connectivity index (χ4v) is 1.96. The van der Waals surface area contributed by atoms with Crippen LogP contribution in [0.15, 0.2) is 48.5 Å². The molecule has 0 saturated carbocycles. The van der Waals surface area contributed by atoms with Crippen LogP contribution in [-0.2, 0) is 12.6 Å². The number of hydrogen-bond donors (Lipinski definition) is 0. The van der Waals surface area contributed by atoms with Gasteiger partial charge in [-0.2, -0.15) is 13.2 Å². The topological polar surface area (TPSA) is 17.1 Å². The van der Waals surface area contributed by atoms with Crippen molar-refractivity contribution in [2.45, 2.75) is 19.0 Å². The summed E-state index contributed by atoms with van der Waals surface area (Å²) in [6.45, 7) is 0. The maximum atomic E-state index is 13.0. The molecule has 0 radical (unpaired) electrons. The highest BCUT2D eigenvalue weighted by Gasteiger charge is 2.30. The molecule has 0 saturated heterocycles. The zero-order valence-electron chi connectivity index (χ0n) is 11.0. The Bertz CT molecular complexity index is 647. The van der Waals surface area contributed by atoms with Crippen molar-refractivity contribution >= 4 is 5.78 Å². The van der Waals surface area contributed by atoms with Gasteiger partial charge in [-0.15, -0.1) is 0 Å². The minimum atomic E-state index is -4.47. The summed E-state index contributed by atoms with van der Waals surface area (Å²) in [7, 11) is 0. The Labute approximate surface area is 119 Å². The maximum Gasteiger partial charge on any atom is 0.416 e. The van der Waals surface area contributed by atoms with E-state index in [1.807, 2.05) is 0 Å². The van der Waals surface area contributed by atoms with Gasteiger partial charge in [0.15, 0.2) is 5.78 Å². The van der Waals surface area contributed by atoms with Crippen LogP contribution in [0.1, 0.15) is 27.9 Å². The van der Waals surface area contributed by atoms with Crippen LogP contribution in [0.2, 0.25) is 0 Å². The van der Waals surface area contributed by atoms with Crippen LogP contribution in [0.25, 0.3) is 0 Å². The lowest BCUT2D eigenvalue weighted by atomic mass is 10.0. The van der Waals surface area contributed by atoms with Crippen LogP contribution in [0.4, 0.5) is 17.6 Å². The Morgan fingerprint density at radius 3 is 2.38 bits per heavy atom. The molecular formula is C16H12F4O.